The van der Waals surface area contributed by atoms with Crippen LogP contribution in [-0.4, -0.2) is 27.9 Å². The molecular weight excluding hydrogens is 508 g/mol. The van der Waals surface area contributed by atoms with Crippen molar-refractivity contribution >= 4 is 46.4 Å². The largest absolute Gasteiger partial charge is 0.480 e. The molecular formula is C27H20Cl2FNO3S. The van der Waals surface area contributed by atoms with Gasteiger partial charge in [0.05, 0.1) is 17.1 Å². The number of benzene rings is 3. The highest BCUT2D eigenvalue weighted by atomic mass is 35.5. The molecule has 0 aliphatic carbocycles. The minimum absolute atomic E-state index is 0.0629. The molecule has 0 radical (unpaired) electrons. The molecule has 0 bridgehead atoms. The summed E-state index contributed by atoms with van der Waals surface area (Å²) in [7, 11) is 0. The number of thiophene rings is 1. The van der Waals surface area contributed by atoms with Gasteiger partial charge in [0.2, 0.25) is 0 Å². The molecule has 4 nitrogen and oxygen atoms in total. The average Bonchev–Trinajstić information content (AvgIpc) is 3.30. The number of hydrogen-bond acceptors (Lipinski definition) is 3. The van der Waals surface area contributed by atoms with Crippen molar-refractivity contribution in [2.75, 3.05) is 0 Å². The van der Waals surface area contributed by atoms with E-state index in [1.165, 1.54) is 40.5 Å². The van der Waals surface area contributed by atoms with Crippen LogP contribution in [0.2, 0.25) is 10.0 Å². The third kappa shape index (κ3) is 6.09. The Bertz CT molecular complexity index is 1340. The number of rotatable bonds is 8. The predicted octanol–water partition coefficient (Wildman–Crippen LogP) is 7.20. The second-order valence-corrected chi connectivity index (χ2v) is 9.89. The molecule has 1 N–H and O–H groups in total. The molecule has 4 aromatic rings. The van der Waals surface area contributed by atoms with E-state index in [0.29, 0.717) is 5.02 Å². The zero-order valence-electron chi connectivity index (χ0n) is 18.3. The number of aliphatic carboxylic acids is 1. The summed E-state index contributed by atoms with van der Waals surface area (Å²) >= 11 is 13.7. The van der Waals surface area contributed by atoms with Gasteiger partial charge in [0.1, 0.15) is 11.9 Å². The van der Waals surface area contributed by atoms with Gasteiger partial charge in [-0.1, -0.05) is 65.7 Å². The molecule has 0 aliphatic heterocycles. The Labute approximate surface area is 216 Å². The number of halogens is 3. The van der Waals surface area contributed by atoms with Crippen LogP contribution >= 0.6 is 34.5 Å². The highest BCUT2D eigenvalue weighted by Crippen LogP contribution is 2.31. The van der Waals surface area contributed by atoms with E-state index in [9.17, 15) is 19.1 Å². The highest BCUT2D eigenvalue weighted by Gasteiger charge is 2.32. The molecule has 1 heterocycles. The van der Waals surface area contributed by atoms with Crippen LogP contribution in [0.1, 0.15) is 20.8 Å². The van der Waals surface area contributed by atoms with Gasteiger partial charge in [0.25, 0.3) is 5.91 Å². The van der Waals surface area contributed by atoms with Crippen LogP contribution < -0.4 is 0 Å². The molecule has 4 rings (SSSR count). The van der Waals surface area contributed by atoms with Gasteiger partial charge in [-0.15, -0.1) is 11.3 Å². The summed E-state index contributed by atoms with van der Waals surface area (Å²) in [5.41, 5.74) is 1.80. The smallest absolute Gasteiger partial charge is 0.326 e. The minimum Gasteiger partial charge on any atom is -0.480 e. The number of carbonyl (C=O) groups is 2. The molecule has 0 aliphatic rings. The fourth-order valence-corrected chi connectivity index (χ4v) is 5.21. The van der Waals surface area contributed by atoms with Crippen LogP contribution in [0.3, 0.4) is 0 Å². The van der Waals surface area contributed by atoms with E-state index in [1.807, 2.05) is 42.5 Å². The summed E-state index contributed by atoms with van der Waals surface area (Å²) in [5, 5.41) is 10.6. The van der Waals surface area contributed by atoms with Gasteiger partial charge in [0, 0.05) is 21.2 Å². The molecule has 1 atom stereocenters. The van der Waals surface area contributed by atoms with Crippen LogP contribution in [0.15, 0.2) is 84.9 Å². The number of carbonyl (C=O) groups excluding carboxylic acids is 1. The van der Waals surface area contributed by atoms with Crippen molar-refractivity contribution in [1.82, 2.24) is 4.90 Å². The quantitative estimate of drug-likeness (QED) is 0.263. The number of carboxylic acid groups (broad SMARTS) is 1. The van der Waals surface area contributed by atoms with Crippen LogP contribution in [-0.2, 0) is 17.8 Å². The van der Waals surface area contributed by atoms with Crippen LogP contribution in [0.4, 0.5) is 4.39 Å². The standard InChI is InChI=1S/C27H20Cl2FNO3S/c28-19-8-12-22(23(29)15-19)26(32)31(24(27(33)34)14-17-4-2-1-3-5-17)16-21-11-13-25(35-21)18-6-9-20(30)10-7-18/h1-13,15,24H,14,16H2,(H,33,34)/t24-/m0/s1. The molecule has 1 amide bonds. The van der Waals surface area contributed by atoms with E-state index in [0.717, 1.165) is 20.9 Å². The Morgan fingerprint density at radius 1 is 0.943 bits per heavy atom. The van der Waals surface area contributed by atoms with E-state index >= 15 is 0 Å². The maximum Gasteiger partial charge on any atom is 0.326 e. The Balaban J connectivity index is 1.69. The Morgan fingerprint density at radius 2 is 1.66 bits per heavy atom. The molecule has 8 heteroatoms. The number of hydrogen-bond donors (Lipinski definition) is 1. The lowest BCUT2D eigenvalue weighted by molar-refractivity contribution is -0.142. The normalized spacial score (nSPS) is 11.7. The second-order valence-electron chi connectivity index (χ2n) is 7.87. The van der Waals surface area contributed by atoms with Crippen molar-refractivity contribution in [1.29, 1.82) is 0 Å². The van der Waals surface area contributed by atoms with Gasteiger partial charge in [-0.05, 0) is 53.6 Å². The lowest BCUT2D eigenvalue weighted by Gasteiger charge is -2.29. The Hall–Kier alpha value is -3.19. The fraction of sp³-hybridized carbons (Fsp3) is 0.111. The molecule has 35 heavy (non-hydrogen) atoms. The third-order valence-corrected chi connectivity index (χ3v) is 7.14. The predicted molar refractivity (Wildman–Crippen MR) is 138 cm³/mol. The molecule has 3 aromatic carbocycles. The van der Waals surface area contributed by atoms with Crippen molar-refractivity contribution in [3.63, 3.8) is 0 Å². The SMILES string of the molecule is O=C(O)[C@H](Cc1ccccc1)N(Cc1ccc(-c2ccc(F)cc2)s1)C(=O)c1ccc(Cl)cc1Cl. The van der Waals surface area contributed by atoms with Crippen LogP contribution in [0.5, 0.6) is 0 Å². The topological polar surface area (TPSA) is 57.6 Å². The van der Waals surface area contributed by atoms with Gasteiger partial charge in [-0.3, -0.25) is 4.79 Å². The fourth-order valence-electron chi connectivity index (χ4n) is 3.71. The number of carboxylic acids is 1. The first kappa shape index (κ1) is 24.9. The van der Waals surface area contributed by atoms with Gasteiger partial charge in [-0.2, -0.15) is 0 Å². The Morgan fingerprint density at radius 3 is 2.31 bits per heavy atom. The van der Waals surface area contributed by atoms with Crippen molar-refractivity contribution in [3.05, 3.63) is 117 Å². The molecule has 1 aromatic heterocycles. The Kier molecular flexibility index (Phi) is 7.86. The van der Waals surface area contributed by atoms with Crippen LogP contribution in [0.25, 0.3) is 10.4 Å². The maximum absolute atomic E-state index is 13.6. The van der Waals surface area contributed by atoms with Gasteiger partial charge in [0.15, 0.2) is 0 Å². The van der Waals surface area contributed by atoms with E-state index in [4.69, 9.17) is 23.2 Å². The maximum atomic E-state index is 13.6. The summed E-state index contributed by atoms with van der Waals surface area (Å²) in [4.78, 5) is 29.0. The zero-order valence-corrected chi connectivity index (χ0v) is 20.7. The van der Waals surface area contributed by atoms with Gasteiger partial charge >= 0.3 is 5.97 Å². The number of amides is 1. The van der Waals surface area contributed by atoms with E-state index < -0.39 is 17.9 Å². The lowest BCUT2D eigenvalue weighted by Crippen LogP contribution is -2.46. The summed E-state index contributed by atoms with van der Waals surface area (Å²) in [6.07, 6.45) is 0.128. The lowest BCUT2D eigenvalue weighted by atomic mass is 10.0. The molecule has 0 fully saturated rings. The summed E-state index contributed by atoms with van der Waals surface area (Å²) < 4.78 is 13.3. The van der Waals surface area contributed by atoms with Crippen molar-refractivity contribution < 1.29 is 19.1 Å². The van der Waals surface area contributed by atoms with E-state index in [-0.39, 0.29) is 29.4 Å². The first-order chi connectivity index (χ1) is 16.8. The van der Waals surface area contributed by atoms with Gasteiger partial charge < -0.3 is 10.0 Å². The van der Waals surface area contributed by atoms with E-state index in [2.05, 4.69) is 0 Å². The molecule has 0 spiro atoms. The van der Waals surface area contributed by atoms with Gasteiger partial charge in [-0.25, -0.2) is 9.18 Å². The van der Waals surface area contributed by atoms with Crippen LogP contribution in [0, 0.1) is 5.82 Å². The first-order valence-electron chi connectivity index (χ1n) is 10.7. The summed E-state index contributed by atoms with van der Waals surface area (Å²) in [5.74, 6) is -1.96. The second kappa shape index (κ2) is 11.0. The molecule has 0 saturated heterocycles. The summed E-state index contributed by atoms with van der Waals surface area (Å²) in [6, 6.07) is 22.3. The van der Waals surface area contributed by atoms with Crippen molar-refractivity contribution in [2.24, 2.45) is 0 Å². The minimum atomic E-state index is -1.13. The monoisotopic (exact) mass is 527 g/mol. The molecule has 0 saturated carbocycles. The average molecular weight is 528 g/mol. The van der Waals surface area contributed by atoms with E-state index in [1.54, 1.807) is 18.2 Å². The molecule has 0 unspecified atom stereocenters. The van der Waals surface area contributed by atoms with Crippen molar-refractivity contribution in [3.8, 4) is 10.4 Å². The van der Waals surface area contributed by atoms with Crippen molar-refractivity contribution in [2.45, 2.75) is 19.0 Å². The zero-order chi connectivity index (χ0) is 24.9. The number of nitrogens with zero attached hydrogens (tertiary/aromatic N) is 1. The first-order valence-corrected chi connectivity index (χ1v) is 12.3. The molecule has 178 valence electrons. The summed E-state index contributed by atoms with van der Waals surface area (Å²) in [6.45, 7) is 0.0629. The third-order valence-electron chi connectivity index (χ3n) is 5.47. The highest BCUT2D eigenvalue weighted by molar-refractivity contribution is 7.15.